The predicted molar refractivity (Wildman–Crippen MR) is 106 cm³/mol. The Morgan fingerprint density at radius 3 is 2.76 bits per heavy atom. The summed E-state index contributed by atoms with van der Waals surface area (Å²) >= 11 is 0. The molecule has 3 fully saturated rings. The van der Waals surface area contributed by atoms with Crippen LogP contribution < -0.4 is 10.5 Å². The normalized spacial score (nSPS) is 26.0. The molecule has 0 spiro atoms. The van der Waals surface area contributed by atoms with Crippen LogP contribution >= 0.6 is 0 Å². The van der Waals surface area contributed by atoms with Gasteiger partial charge in [0.1, 0.15) is 6.33 Å². The van der Waals surface area contributed by atoms with Gasteiger partial charge in [-0.2, -0.15) is 0 Å². The van der Waals surface area contributed by atoms with Crippen molar-refractivity contribution in [3.8, 4) is 11.3 Å². The van der Waals surface area contributed by atoms with Gasteiger partial charge in [0, 0.05) is 23.9 Å². The molecule has 1 aromatic carbocycles. The molecule has 3 aliphatic carbocycles. The number of benzene rings is 1. The molecule has 152 valence electrons. The van der Waals surface area contributed by atoms with Crippen LogP contribution in [0.15, 0.2) is 35.6 Å². The van der Waals surface area contributed by atoms with Gasteiger partial charge in [-0.15, -0.1) is 0 Å². The molecule has 0 radical (unpaired) electrons. The van der Waals surface area contributed by atoms with E-state index in [0.717, 1.165) is 18.4 Å². The molecule has 9 nitrogen and oxygen atoms in total. The van der Waals surface area contributed by atoms with E-state index in [0.29, 0.717) is 29.9 Å². The summed E-state index contributed by atoms with van der Waals surface area (Å²) in [6, 6.07) is 5.01. The molecule has 2 heterocycles. The van der Waals surface area contributed by atoms with Crippen molar-refractivity contribution in [2.24, 2.45) is 5.41 Å². The number of aryl methyl sites for hydroxylation is 1. The van der Waals surface area contributed by atoms with Gasteiger partial charge in [-0.25, -0.2) is 28.1 Å². The number of nitrogens with zero attached hydrogens (tertiary/aromatic N) is 4. The topological polar surface area (TPSA) is 136 Å². The Bertz CT molecular complexity index is 1230. The SMILES string of the molecule is Cc1ccc(S(=O)(=O)NC23CCC(CO)(C2)C3)cc1-c1cn2c(N)ncnc2n1. The molecular formula is C19H22N6O3S. The van der Waals surface area contributed by atoms with E-state index in [4.69, 9.17) is 5.73 Å². The second kappa shape index (κ2) is 5.97. The molecule has 3 saturated carbocycles. The fourth-order valence-corrected chi connectivity index (χ4v) is 6.36. The number of rotatable bonds is 5. The molecule has 6 rings (SSSR count). The molecule has 0 unspecified atom stereocenters. The summed E-state index contributed by atoms with van der Waals surface area (Å²) in [6.45, 7) is 2.01. The summed E-state index contributed by atoms with van der Waals surface area (Å²) in [5.41, 5.74) is 7.50. The summed E-state index contributed by atoms with van der Waals surface area (Å²) in [4.78, 5) is 12.7. The molecule has 29 heavy (non-hydrogen) atoms. The van der Waals surface area contributed by atoms with Crippen molar-refractivity contribution in [3.63, 3.8) is 0 Å². The highest BCUT2D eigenvalue weighted by Gasteiger charge is 2.61. The van der Waals surface area contributed by atoms with Gasteiger partial charge in [0.2, 0.25) is 21.7 Å². The summed E-state index contributed by atoms with van der Waals surface area (Å²) in [7, 11) is -3.70. The van der Waals surface area contributed by atoms with Crippen LogP contribution in [0.3, 0.4) is 0 Å². The lowest BCUT2D eigenvalue weighted by atomic mass is 9.66. The maximum atomic E-state index is 13.1. The number of aromatic nitrogens is 4. The van der Waals surface area contributed by atoms with E-state index in [1.807, 2.05) is 6.92 Å². The highest BCUT2D eigenvalue weighted by molar-refractivity contribution is 7.89. The summed E-state index contributed by atoms with van der Waals surface area (Å²) in [5, 5.41) is 9.56. The third kappa shape index (κ3) is 2.82. The lowest BCUT2D eigenvalue weighted by Gasteiger charge is -2.46. The van der Waals surface area contributed by atoms with Crippen molar-refractivity contribution in [1.82, 2.24) is 24.1 Å². The number of hydrogen-bond acceptors (Lipinski definition) is 7. The molecule has 2 aromatic heterocycles. The number of sulfonamides is 1. The molecule has 2 bridgehead atoms. The third-order valence-electron chi connectivity index (χ3n) is 6.34. The maximum Gasteiger partial charge on any atom is 0.241 e. The van der Waals surface area contributed by atoms with Gasteiger partial charge in [-0.05, 0) is 55.7 Å². The number of nitrogens with one attached hydrogen (secondary N) is 1. The number of aliphatic hydroxyl groups is 1. The molecule has 0 aliphatic heterocycles. The average molecular weight is 414 g/mol. The summed E-state index contributed by atoms with van der Waals surface area (Å²) < 4.78 is 30.6. The number of imidazole rings is 1. The maximum absolute atomic E-state index is 13.1. The van der Waals surface area contributed by atoms with Gasteiger partial charge < -0.3 is 10.8 Å². The monoisotopic (exact) mass is 414 g/mol. The van der Waals surface area contributed by atoms with Crippen LogP contribution in [0.2, 0.25) is 0 Å². The summed E-state index contributed by atoms with van der Waals surface area (Å²) in [6.07, 6.45) is 6.04. The van der Waals surface area contributed by atoms with E-state index in [-0.39, 0.29) is 22.9 Å². The van der Waals surface area contributed by atoms with Crippen LogP contribution in [0.5, 0.6) is 0 Å². The number of anilines is 1. The molecular weight excluding hydrogens is 392 g/mol. The van der Waals surface area contributed by atoms with E-state index >= 15 is 0 Å². The highest BCUT2D eigenvalue weighted by Crippen LogP contribution is 2.61. The molecule has 0 saturated heterocycles. The first kappa shape index (κ1) is 18.5. The first-order valence-corrected chi connectivity index (χ1v) is 10.9. The first-order valence-electron chi connectivity index (χ1n) is 9.46. The van der Waals surface area contributed by atoms with Gasteiger partial charge in [0.25, 0.3) is 0 Å². The minimum Gasteiger partial charge on any atom is -0.396 e. The van der Waals surface area contributed by atoms with E-state index in [1.54, 1.807) is 28.8 Å². The van der Waals surface area contributed by atoms with Crippen molar-refractivity contribution in [1.29, 1.82) is 0 Å². The summed E-state index contributed by atoms with van der Waals surface area (Å²) in [5.74, 6) is 0.660. The number of fused-ring (bicyclic) bond motifs is 2. The van der Waals surface area contributed by atoms with E-state index in [2.05, 4.69) is 19.7 Å². The molecule has 3 aliphatic rings. The minimum atomic E-state index is -3.70. The minimum absolute atomic E-state index is 0.0987. The fourth-order valence-electron chi connectivity index (χ4n) is 4.91. The van der Waals surface area contributed by atoms with Crippen molar-refractivity contribution in [3.05, 3.63) is 36.3 Å². The van der Waals surface area contributed by atoms with Crippen LogP contribution in [-0.2, 0) is 10.0 Å². The number of aliphatic hydroxyl groups excluding tert-OH is 1. The van der Waals surface area contributed by atoms with Crippen molar-refractivity contribution in [2.45, 2.75) is 43.0 Å². The van der Waals surface area contributed by atoms with Gasteiger partial charge in [0.05, 0.1) is 10.6 Å². The van der Waals surface area contributed by atoms with Crippen LogP contribution in [0, 0.1) is 12.3 Å². The van der Waals surface area contributed by atoms with E-state index in [1.165, 1.54) is 6.33 Å². The van der Waals surface area contributed by atoms with E-state index in [9.17, 15) is 13.5 Å². The Kier molecular flexibility index (Phi) is 3.80. The Morgan fingerprint density at radius 2 is 2.07 bits per heavy atom. The lowest BCUT2D eigenvalue weighted by Crippen LogP contribution is -2.56. The quantitative estimate of drug-likeness (QED) is 0.572. The zero-order valence-electron chi connectivity index (χ0n) is 16.0. The third-order valence-corrected chi connectivity index (χ3v) is 7.92. The fraction of sp³-hybridized carbons (Fsp3) is 0.421. The van der Waals surface area contributed by atoms with Gasteiger partial charge in [-0.1, -0.05) is 6.07 Å². The molecule has 4 N–H and O–H groups in total. The largest absolute Gasteiger partial charge is 0.396 e. The van der Waals surface area contributed by atoms with Gasteiger partial charge in [0.15, 0.2) is 0 Å². The number of nitrogens with two attached hydrogens (primary N) is 1. The Morgan fingerprint density at radius 1 is 1.28 bits per heavy atom. The standard InChI is InChI=1S/C19H22N6O3S/c1-12-2-3-13(29(27,28)24-19-5-4-18(8-19,9-19)10-26)6-14(12)15-7-25-16(20)21-11-22-17(25)23-15/h2-3,6-7,11,24,26H,4-5,8-10H2,1H3,(H2,20,21,22,23). The van der Waals surface area contributed by atoms with Crippen LogP contribution in [0.25, 0.3) is 17.0 Å². The smallest absolute Gasteiger partial charge is 0.241 e. The zero-order chi connectivity index (χ0) is 20.4. The molecule has 0 amide bonds. The molecule has 0 atom stereocenters. The molecule has 3 aromatic rings. The average Bonchev–Trinajstić information content (AvgIpc) is 3.33. The Labute approximate surface area is 168 Å². The van der Waals surface area contributed by atoms with Gasteiger partial charge >= 0.3 is 0 Å². The van der Waals surface area contributed by atoms with Crippen molar-refractivity contribution < 1.29 is 13.5 Å². The second-order valence-electron chi connectivity index (χ2n) is 8.40. The number of hydrogen-bond donors (Lipinski definition) is 3. The lowest BCUT2D eigenvalue weighted by molar-refractivity contribution is 0.0336. The van der Waals surface area contributed by atoms with Crippen molar-refractivity contribution in [2.75, 3.05) is 12.3 Å². The van der Waals surface area contributed by atoms with Crippen LogP contribution in [0.1, 0.15) is 31.2 Å². The second-order valence-corrected chi connectivity index (χ2v) is 10.1. The first-order chi connectivity index (χ1) is 13.7. The van der Waals surface area contributed by atoms with Crippen LogP contribution in [0.4, 0.5) is 5.95 Å². The Balaban J connectivity index is 1.50. The molecule has 10 heteroatoms. The zero-order valence-corrected chi connectivity index (χ0v) is 16.8. The highest BCUT2D eigenvalue weighted by atomic mass is 32.2. The predicted octanol–water partition coefficient (Wildman–Crippen LogP) is 1.27. The van der Waals surface area contributed by atoms with Crippen LogP contribution in [-0.4, -0.2) is 45.0 Å². The van der Waals surface area contributed by atoms with Crippen molar-refractivity contribution >= 4 is 21.7 Å². The van der Waals surface area contributed by atoms with Gasteiger partial charge in [-0.3, -0.25) is 4.40 Å². The Hall–Kier alpha value is -2.56. The van der Waals surface area contributed by atoms with E-state index < -0.39 is 15.6 Å². The number of nitrogen functional groups attached to an aromatic ring is 1.